The summed E-state index contributed by atoms with van der Waals surface area (Å²) in [6.07, 6.45) is 6.06. The molecule has 0 atom stereocenters. The summed E-state index contributed by atoms with van der Waals surface area (Å²) in [6, 6.07) is 0. The van der Waals surface area contributed by atoms with Gasteiger partial charge in [-0.15, -0.1) is 0 Å². The second-order valence-corrected chi connectivity index (χ2v) is 7.43. The van der Waals surface area contributed by atoms with Gasteiger partial charge in [0.2, 0.25) is 0 Å². The van der Waals surface area contributed by atoms with Crippen LogP contribution in [-0.2, 0) is 9.84 Å². The fourth-order valence-electron chi connectivity index (χ4n) is 3.05. The first-order valence-corrected chi connectivity index (χ1v) is 8.06. The lowest BCUT2D eigenvalue weighted by molar-refractivity contribution is 0.0653. The van der Waals surface area contributed by atoms with E-state index >= 15 is 0 Å². The summed E-state index contributed by atoms with van der Waals surface area (Å²) in [6.45, 7) is 2.03. The predicted octanol–water partition coefficient (Wildman–Crippen LogP) is 0.378. The van der Waals surface area contributed by atoms with Crippen LogP contribution >= 0.6 is 0 Å². The molecule has 1 aliphatic carbocycles. The number of hydrogen-bond donors (Lipinski definition) is 1. The van der Waals surface area contributed by atoms with Gasteiger partial charge in [0.1, 0.15) is 0 Å². The molecule has 1 aliphatic heterocycles. The van der Waals surface area contributed by atoms with E-state index in [1.165, 1.54) is 19.3 Å². The van der Waals surface area contributed by atoms with Gasteiger partial charge in [-0.25, -0.2) is 8.42 Å². The topological polar surface area (TPSA) is 63.4 Å². The lowest BCUT2D eigenvalue weighted by Crippen LogP contribution is -2.59. The van der Waals surface area contributed by atoms with Crippen LogP contribution in [0.3, 0.4) is 0 Å². The quantitative estimate of drug-likeness (QED) is 0.765. The minimum absolute atomic E-state index is 0.105. The standard InChI is InChI=1S/C11H22N2O2S/c12-10-11(4-2-1-3-5-11)13-6-8-16(14,15)9-7-13/h1-10,12H2. The van der Waals surface area contributed by atoms with E-state index in [0.717, 1.165) is 12.8 Å². The van der Waals surface area contributed by atoms with Gasteiger partial charge in [0.05, 0.1) is 11.5 Å². The van der Waals surface area contributed by atoms with Crippen LogP contribution in [0, 0.1) is 0 Å². The van der Waals surface area contributed by atoms with Gasteiger partial charge >= 0.3 is 0 Å². The van der Waals surface area contributed by atoms with Crippen LogP contribution in [0.5, 0.6) is 0 Å². The zero-order chi connectivity index (χ0) is 11.6. The molecule has 2 aliphatic rings. The molecule has 0 aromatic carbocycles. The van der Waals surface area contributed by atoms with Crippen molar-refractivity contribution in [2.24, 2.45) is 5.73 Å². The molecule has 94 valence electrons. The molecule has 0 aromatic heterocycles. The molecule has 0 radical (unpaired) electrons. The molecular formula is C11H22N2O2S. The first-order chi connectivity index (χ1) is 7.58. The molecule has 2 fully saturated rings. The lowest BCUT2D eigenvalue weighted by Gasteiger charge is -2.47. The molecule has 0 unspecified atom stereocenters. The van der Waals surface area contributed by atoms with Crippen molar-refractivity contribution in [1.29, 1.82) is 0 Å². The minimum Gasteiger partial charge on any atom is -0.329 e. The zero-order valence-electron chi connectivity index (χ0n) is 9.82. The molecule has 1 heterocycles. The van der Waals surface area contributed by atoms with Gasteiger partial charge in [-0.2, -0.15) is 0 Å². The summed E-state index contributed by atoms with van der Waals surface area (Å²) in [5, 5.41) is 0. The molecule has 1 saturated heterocycles. The van der Waals surface area contributed by atoms with Gasteiger partial charge in [0.15, 0.2) is 9.84 Å². The summed E-state index contributed by atoms with van der Waals surface area (Å²) in [4.78, 5) is 2.34. The monoisotopic (exact) mass is 246 g/mol. The van der Waals surface area contributed by atoms with E-state index in [1.54, 1.807) is 0 Å². The van der Waals surface area contributed by atoms with E-state index in [9.17, 15) is 8.42 Å². The number of sulfone groups is 1. The van der Waals surface area contributed by atoms with Crippen LogP contribution in [0.2, 0.25) is 0 Å². The normalized spacial score (nSPS) is 30.1. The molecule has 2 N–H and O–H groups in total. The highest BCUT2D eigenvalue weighted by Crippen LogP contribution is 2.33. The molecule has 1 saturated carbocycles. The van der Waals surface area contributed by atoms with E-state index in [-0.39, 0.29) is 5.54 Å². The average Bonchev–Trinajstić information content (AvgIpc) is 2.30. The third-order valence-corrected chi connectivity index (χ3v) is 5.79. The number of nitrogens with two attached hydrogens (primary N) is 1. The first-order valence-electron chi connectivity index (χ1n) is 6.24. The van der Waals surface area contributed by atoms with Crippen molar-refractivity contribution in [3.8, 4) is 0 Å². The molecule has 0 aromatic rings. The molecular weight excluding hydrogens is 224 g/mol. The molecule has 5 heteroatoms. The van der Waals surface area contributed by atoms with Crippen molar-refractivity contribution in [3.63, 3.8) is 0 Å². The van der Waals surface area contributed by atoms with Gasteiger partial charge in [0.25, 0.3) is 0 Å². The van der Waals surface area contributed by atoms with Crippen LogP contribution < -0.4 is 5.73 Å². The Labute approximate surface area is 98.1 Å². The Hall–Kier alpha value is -0.130. The second kappa shape index (κ2) is 4.63. The van der Waals surface area contributed by atoms with Crippen LogP contribution in [-0.4, -0.2) is 50.0 Å². The fraction of sp³-hybridized carbons (Fsp3) is 1.00. The summed E-state index contributed by atoms with van der Waals surface area (Å²) in [5.41, 5.74) is 6.05. The van der Waals surface area contributed by atoms with Crippen molar-refractivity contribution in [2.45, 2.75) is 37.6 Å². The zero-order valence-corrected chi connectivity index (χ0v) is 10.6. The Balaban J connectivity index is 2.05. The maximum Gasteiger partial charge on any atom is 0.152 e. The Morgan fingerprint density at radius 1 is 1.06 bits per heavy atom. The van der Waals surface area contributed by atoms with Gasteiger partial charge in [0, 0.05) is 25.2 Å². The van der Waals surface area contributed by atoms with Crippen molar-refractivity contribution in [3.05, 3.63) is 0 Å². The van der Waals surface area contributed by atoms with Crippen molar-refractivity contribution < 1.29 is 8.42 Å². The van der Waals surface area contributed by atoms with E-state index in [1.807, 2.05) is 0 Å². The smallest absolute Gasteiger partial charge is 0.152 e. The van der Waals surface area contributed by atoms with Crippen LogP contribution in [0.4, 0.5) is 0 Å². The molecule has 2 rings (SSSR count). The highest BCUT2D eigenvalue weighted by atomic mass is 32.2. The average molecular weight is 246 g/mol. The largest absolute Gasteiger partial charge is 0.329 e. The van der Waals surface area contributed by atoms with Crippen molar-refractivity contribution in [1.82, 2.24) is 4.90 Å². The van der Waals surface area contributed by atoms with E-state index in [0.29, 0.717) is 31.1 Å². The maximum absolute atomic E-state index is 11.4. The van der Waals surface area contributed by atoms with Crippen LogP contribution in [0.1, 0.15) is 32.1 Å². The summed E-state index contributed by atoms with van der Waals surface area (Å²) >= 11 is 0. The van der Waals surface area contributed by atoms with Crippen molar-refractivity contribution >= 4 is 9.84 Å². The Morgan fingerprint density at radius 3 is 2.12 bits per heavy atom. The van der Waals surface area contributed by atoms with Crippen molar-refractivity contribution in [2.75, 3.05) is 31.1 Å². The number of hydrogen-bond acceptors (Lipinski definition) is 4. The third-order valence-electron chi connectivity index (χ3n) is 4.18. The summed E-state index contributed by atoms with van der Waals surface area (Å²) in [7, 11) is -2.77. The third kappa shape index (κ3) is 2.41. The Kier molecular flexibility index (Phi) is 3.56. The maximum atomic E-state index is 11.4. The SMILES string of the molecule is NCC1(N2CCS(=O)(=O)CC2)CCCCC1. The Bertz CT molecular complexity index is 320. The molecule has 16 heavy (non-hydrogen) atoms. The highest BCUT2D eigenvalue weighted by molar-refractivity contribution is 7.91. The lowest BCUT2D eigenvalue weighted by atomic mass is 9.80. The van der Waals surface area contributed by atoms with Gasteiger partial charge in [-0.1, -0.05) is 19.3 Å². The Morgan fingerprint density at radius 2 is 1.62 bits per heavy atom. The number of nitrogens with zero attached hydrogens (tertiary/aromatic N) is 1. The predicted molar refractivity (Wildman–Crippen MR) is 65.1 cm³/mol. The molecule has 4 nitrogen and oxygen atoms in total. The molecule has 0 spiro atoms. The summed E-state index contributed by atoms with van der Waals surface area (Å²) in [5.74, 6) is 0.628. The number of rotatable bonds is 2. The fourth-order valence-corrected chi connectivity index (χ4v) is 4.25. The summed E-state index contributed by atoms with van der Waals surface area (Å²) < 4.78 is 22.8. The second-order valence-electron chi connectivity index (χ2n) is 5.13. The highest BCUT2D eigenvalue weighted by Gasteiger charge is 2.39. The first kappa shape index (κ1) is 12.3. The minimum atomic E-state index is -2.77. The van der Waals surface area contributed by atoms with E-state index < -0.39 is 9.84 Å². The van der Waals surface area contributed by atoms with Gasteiger partial charge < -0.3 is 5.73 Å². The van der Waals surface area contributed by atoms with E-state index in [2.05, 4.69) is 4.90 Å². The van der Waals surface area contributed by atoms with Gasteiger partial charge in [-0.05, 0) is 12.8 Å². The van der Waals surface area contributed by atoms with E-state index in [4.69, 9.17) is 5.73 Å². The van der Waals surface area contributed by atoms with Crippen LogP contribution in [0.25, 0.3) is 0 Å². The van der Waals surface area contributed by atoms with Crippen LogP contribution in [0.15, 0.2) is 0 Å². The molecule has 0 bridgehead atoms. The molecule has 0 amide bonds. The van der Waals surface area contributed by atoms with Gasteiger partial charge in [-0.3, -0.25) is 4.90 Å².